The lowest BCUT2D eigenvalue weighted by Crippen LogP contribution is -2.10. The maximum atomic E-state index is 12.4. The van der Waals surface area contributed by atoms with E-state index in [1.54, 1.807) is 13.1 Å². The number of halogens is 3. The van der Waals surface area contributed by atoms with E-state index in [-0.39, 0.29) is 19.0 Å². The summed E-state index contributed by atoms with van der Waals surface area (Å²) >= 11 is 0. The molecule has 0 radical (unpaired) electrons. The lowest BCUT2D eigenvalue weighted by molar-refractivity contribution is 0.121. The molecule has 22 heavy (non-hydrogen) atoms. The number of anilines is 1. The summed E-state index contributed by atoms with van der Waals surface area (Å²) in [7, 11) is 0. The standard InChI is InChI=1S/C14H21F2N5.ClH/c1-9(2)20-7-13(10(3)19-20)17-5-12-6-18-21(11(12)4)8-14(15)16;/h6-7,9,14,17H,5,8H2,1-4H3;1H. The number of alkyl halides is 2. The van der Waals surface area contributed by atoms with E-state index in [4.69, 9.17) is 0 Å². The first-order valence-corrected chi connectivity index (χ1v) is 6.97. The molecule has 2 heterocycles. The molecule has 5 nitrogen and oxygen atoms in total. The van der Waals surface area contributed by atoms with Crippen LogP contribution in [0.3, 0.4) is 0 Å². The van der Waals surface area contributed by atoms with Crippen LogP contribution in [0.25, 0.3) is 0 Å². The van der Waals surface area contributed by atoms with Crippen LogP contribution in [0.4, 0.5) is 14.5 Å². The summed E-state index contributed by atoms with van der Waals surface area (Å²) in [5, 5.41) is 11.7. The normalized spacial score (nSPS) is 11.1. The first kappa shape index (κ1) is 18.4. The van der Waals surface area contributed by atoms with Gasteiger partial charge in [-0.3, -0.25) is 9.36 Å². The summed E-state index contributed by atoms with van der Waals surface area (Å²) in [5.41, 5.74) is 3.54. The SMILES string of the molecule is Cc1nn(C(C)C)cc1NCc1cnn(CC(F)F)c1C.Cl. The van der Waals surface area contributed by atoms with Crippen LogP contribution in [0, 0.1) is 13.8 Å². The number of aromatic nitrogens is 4. The van der Waals surface area contributed by atoms with Crippen LogP contribution in [0.5, 0.6) is 0 Å². The van der Waals surface area contributed by atoms with E-state index in [1.165, 1.54) is 4.68 Å². The third kappa shape index (κ3) is 4.19. The maximum Gasteiger partial charge on any atom is 0.257 e. The van der Waals surface area contributed by atoms with Gasteiger partial charge in [0.05, 0.1) is 17.6 Å². The Labute approximate surface area is 135 Å². The molecule has 124 valence electrons. The second-order valence-electron chi connectivity index (χ2n) is 5.38. The van der Waals surface area contributed by atoms with Gasteiger partial charge < -0.3 is 5.32 Å². The van der Waals surface area contributed by atoms with Gasteiger partial charge in [0.25, 0.3) is 6.43 Å². The van der Waals surface area contributed by atoms with E-state index in [9.17, 15) is 8.78 Å². The molecular weight excluding hydrogens is 312 g/mol. The molecule has 0 aliphatic rings. The Balaban J connectivity index is 0.00000242. The van der Waals surface area contributed by atoms with Gasteiger partial charge in [0.1, 0.15) is 6.54 Å². The third-order valence-electron chi connectivity index (χ3n) is 3.43. The predicted octanol–water partition coefficient (Wildman–Crippen LogP) is 3.58. The molecule has 2 aromatic heterocycles. The number of hydrogen-bond acceptors (Lipinski definition) is 3. The molecule has 0 fully saturated rings. The molecule has 2 rings (SSSR count). The fourth-order valence-corrected chi connectivity index (χ4v) is 2.08. The van der Waals surface area contributed by atoms with Gasteiger partial charge in [0.15, 0.2) is 0 Å². The van der Waals surface area contributed by atoms with Gasteiger partial charge in [0, 0.05) is 30.0 Å². The number of hydrogen-bond donors (Lipinski definition) is 1. The van der Waals surface area contributed by atoms with Gasteiger partial charge >= 0.3 is 0 Å². The largest absolute Gasteiger partial charge is 0.378 e. The van der Waals surface area contributed by atoms with Crippen molar-refractivity contribution >= 4 is 18.1 Å². The molecule has 0 spiro atoms. The summed E-state index contributed by atoms with van der Waals surface area (Å²) in [4.78, 5) is 0. The monoisotopic (exact) mass is 333 g/mol. The Bertz CT molecular complexity index is 606. The van der Waals surface area contributed by atoms with Crippen molar-refractivity contribution in [3.05, 3.63) is 29.3 Å². The summed E-state index contributed by atoms with van der Waals surface area (Å²) < 4.78 is 28.0. The lowest BCUT2D eigenvalue weighted by Gasteiger charge is -2.06. The predicted molar refractivity (Wildman–Crippen MR) is 84.9 cm³/mol. The number of aryl methyl sites for hydroxylation is 1. The van der Waals surface area contributed by atoms with Crippen molar-refractivity contribution in [2.75, 3.05) is 5.32 Å². The minimum atomic E-state index is -2.39. The second-order valence-corrected chi connectivity index (χ2v) is 5.38. The zero-order valence-corrected chi connectivity index (χ0v) is 14.0. The summed E-state index contributed by atoms with van der Waals surface area (Å²) in [5.74, 6) is 0. The van der Waals surface area contributed by atoms with Gasteiger partial charge in [-0.2, -0.15) is 10.2 Å². The first-order chi connectivity index (χ1) is 9.88. The second kappa shape index (κ2) is 7.58. The minimum absolute atomic E-state index is 0. The van der Waals surface area contributed by atoms with Crippen molar-refractivity contribution in [1.29, 1.82) is 0 Å². The molecular formula is C14H22ClF2N5. The van der Waals surface area contributed by atoms with Gasteiger partial charge in [-0.05, 0) is 27.7 Å². The molecule has 0 aliphatic heterocycles. The van der Waals surface area contributed by atoms with Crippen LogP contribution in [-0.2, 0) is 13.1 Å². The highest BCUT2D eigenvalue weighted by Gasteiger charge is 2.12. The van der Waals surface area contributed by atoms with E-state index in [0.29, 0.717) is 12.6 Å². The molecule has 8 heteroatoms. The molecule has 0 unspecified atom stereocenters. The van der Waals surface area contributed by atoms with Gasteiger partial charge in [0.2, 0.25) is 0 Å². The zero-order valence-electron chi connectivity index (χ0n) is 13.2. The Morgan fingerprint density at radius 3 is 2.50 bits per heavy atom. The molecule has 0 saturated heterocycles. The minimum Gasteiger partial charge on any atom is -0.378 e. The van der Waals surface area contributed by atoms with E-state index in [2.05, 4.69) is 29.4 Å². The highest BCUT2D eigenvalue weighted by atomic mass is 35.5. The Hall–Kier alpha value is -1.63. The van der Waals surface area contributed by atoms with Crippen LogP contribution in [0.15, 0.2) is 12.4 Å². The Kier molecular flexibility index (Phi) is 6.34. The summed E-state index contributed by atoms with van der Waals surface area (Å²) in [6.07, 6.45) is 1.20. The maximum absolute atomic E-state index is 12.4. The van der Waals surface area contributed by atoms with Gasteiger partial charge in [-0.15, -0.1) is 12.4 Å². The molecule has 2 aromatic rings. The van der Waals surface area contributed by atoms with Gasteiger partial charge in [-0.1, -0.05) is 0 Å². The third-order valence-corrected chi connectivity index (χ3v) is 3.43. The zero-order chi connectivity index (χ0) is 15.6. The highest BCUT2D eigenvalue weighted by Crippen LogP contribution is 2.18. The van der Waals surface area contributed by atoms with Crippen molar-refractivity contribution in [1.82, 2.24) is 19.6 Å². The molecule has 0 bridgehead atoms. The van der Waals surface area contributed by atoms with Crippen LogP contribution in [0.1, 0.15) is 36.8 Å². The molecule has 0 aliphatic carbocycles. The number of nitrogens with zero attached hydrogens (tertiary/aromatic N) is 4. The summed E-state index contributed by atoms with van der Waals surface area (Å²) in [6.45, 7) is 8.05. The van der Waals surface area contributed by atoms with Crippen LogP contribution in [0.2, 0.25) is 0 Å². The molecule has 0 atom stereocenters. The number of rotatable bonds is 6. The van der Waals surface area contributed by atoms with Crippen LogP contribution in [-0.4, -0.2) is 26.0 Å². The van der Waals surface area contributed by atoms with Crippen molar-refractivity contribution in [2.45, 2.75) is 53.3 Å². The first-order valence-electron chi connectivity index (χ1n) is 6.97. The van der Waals surface area contributed by atoms with Crippen molar-refractivity contribution in [3.8, 4) is 0 Å². The van der Waals surface area contributed by atoms with Crippen molar-refractivity contribution in [2.24, 2.45) is 0 Å². The fraction of sp³-hybridized carbons (Fsp3) is 0.571. The average Bonchev–Trinajstić information content (AvgIpc) is 2.92. The highest BCUT2D eigenvalue weighted by molar-refractivity contribution is 5.85. The topological polar surface area (TPSA) is 47.7 Å². The Morgan fingerprint density at radius 2 is 1.95 bits per heavy atom. The quantitative estimate of drug-likeness (QED) is 0.879. The van der Waals surface area contributed by atoms with E-state index >= 15 is 0 Å². The van der Waals surface area contributed by atoms with Gasteiger partial charge in [-0.25, -0.2) is 8.78 Å². The number of nitrogens with one attached hydrogen (secondary N) is 1. The Morgan fingerprint density at radius 1 is 1.27 bits per heavy atom. The molecule has 1 N–H and O–H groups in total. The smallest absolute Gasteiger partial charge is 0.257 e. The molecule has 0 aromatic carbocycles. The van der Waals surface area contributed by atoms with Crippen LogP contribution < -0.4 is 5.32 Å². The summed E-state index contributed by atoms with van der Waals surface area (Å²) in [6, 6.07) is 0.301. The van der Waals surface area contributed by atoms with Crippen molar-refractivity contribution < 1.29 is 8.78 Å². The van der Waals surface area contributed by atoms with E-state index in [1.807, 2.05) is 17.8 Å². The molecule has 0 saturated carbocycles. The average molecular weight is 334 g/mol. The van der Waals surface area contributed by atoms with Crippen molar-refractivity contribution in [3.63, 3.8) is 0 Å². The van der Waals surface area contributed by atoms with E-state index in [0.717, 1.165) is 22.6 Å². The molecule has 0 amide bonds. The van der Waals surface area contributed by atoms with E-state index < -0.39 is 6.43 Å². The van der Waals surface area contributed by atoms with Crippen LogP contribution >= 0.6 is 12.4 Å². The lowest BCUT2D eigenvalue weighted by atomic mass is 10.2. The fourth-order valence-electron chi connectivity index (χ4n) is 2.08.